The van der Waals surface area contributed by atoms with Crippen molar-refractivity contribution in [1.82, 2.24) is 4.90 Å². The van der Waals surface area contributed by atoms with Crippen molar-refractivity contribution in [1.29, 1.82) is 0 Å². The van der Waals surface area contributed by atoms with Crippen LogP contribution in [0.2, 0.25) is 0 Å². The first-order chi connectivity index (χ1) is 11.5. The quantitative estimate of drug-likeness (QED) is 0.813. The number of benzene rings is 2. The average Bonchev–Trinajstić information content (AvgIpc) is 2.65. The summed E-state index contributed by atoms with van der Waals surface area (Å²) < 4.78 is 15.9. The largest absolute Gasteiger partial charge is 0.493 e. The molecule has 5 nitrogen and oxygen atoms in total. The highest BCUT2D eigenvalue weighted by atomic mass is 16.5. The van der Waals surface area contributed by atoms with Crippen LogP contribution >= 0.6 is 0 Å². The lowest BCUT2D eigenvalue weighted by Crippen LogP contribution is -2.29. The number of methoxy groups -OCH3 is 3. The minimum atomic E-state index is -0.120. The molecule has 0 fully saturated rings. The van der Waals surface area contributed by atoms with E-state index in [1.807, 2.05) is 37.3 Å². The van der Waals surface area contributed by atoms with Crippen molar-refractivity contribution < 1.29 is 19.0 Å². The summed E-state index contributed by atoms with van der Waals surface area (Å²) in [4.78, 5) is 14.6. The fraction of sp³-hybridized carbons (Fsp3) is 0.316. The second-order valence-electron chi connectivity index (χ2n) is 5.42. The molecule has 0 unspecified atom stereocenters. The zero-order valence-electron chi connectivity index (χ0n) is 14.7. The van der Waals surface area contributed by atoms with E-state index >= 15 is 0 Å². The van der Waals surface area contributed by atoms with Gasteiger partial charge < -0.3 is 19.1 Å². The highest BCUT2D eigenvalue weighted by Gasteiger charge is 2.22. The Hall–Kier alpha value is -2.69. The number of hydrogen-bond acceptors (Lipinski definition) is 4. The number of amides is 1. The Bertz CT molecular complexity index is 675. The molecule has 128 valence electrons. The summed E-state index contributed by atoms with van der Waals surface area (Å²) in [5, 5.41) is 0. The van der Waals surface area contributed by atoms with Crippen molar-refractivity contribution in [2.24, 2.45) is 0 Å². The Morgan fingerprint density at radius 2 is 1.50 bits per heavy atom. The maximum atomic E-state index is 12.9. The Kier molecular flexibility index (Phi) is 5.68. The molecule has 0 aliphatic heterocycles. The molecule has 0 aliphatic rings. The smallest absolute Gasteiger partial charge is 0.254 e. The van der Waals surface area contributed by atoms with Gasteiger partial charge in [0.2, 0.25) is 5.75 Å². The van der Waals surface area contributed by atoms with Crippen LogP contribution in [0.3, 0.4) is 0 Å². The molecule has 2 aromatic carbocycles. The molecule has 0 bridgehead atoms. The minimum absolute atomic E-state index is 0.0576. The SMILES string of the molecule is COc1cc(C(=O)N(C)[C@H](C)c2ccccc2)cc(OC)c1OC. The molecular weight excluding hydrogens is 306 g/mol. The normalized spacial score (nSPS) is 11.5. The Balaban J connectivity index is 2.35. The van der Waals surface area contributed by atoms with Crippen molar-refractivity contribution >= 4 is 5.91 Å². The number of ether oxygens (including phenoxy) is 3. The van der Waals surface area contributed by atoms with E-state index in [-0.39, 0.29) is 11.9 Å². The number of nitrogens with zero attached hydrogens (tertiary/aromatic N) is 1. The van der Waals surface area contributed by atoms with Crippen LogP contribution < -0.4 is 14.2 Å². The fourth-order valence-electron chi connectivity index (χ4n) is 2.54. The van der Waals surface area contributed by atoms with Crippen LogP contribution in [-0.4, -0.2) is 39.2 Å². The summed E-state index contributed by atoms with van der Waals surface area (Å²) in [6.45, 7) is 1.99. The maximum absolute atomic E-state index is 12.9. The van der Waals surface area contributed by atoms with Crippen molar-refractivity contribution in [2.75, 3.05) is 28.4 Å². The molecule has 1 atom stereocenters. The summed E-state index contributed by atoms with van der Waals surface area (Å²) in [5.41, 5.74) is 1.55. The van der Waals surface area contributed by atoms with E-state index in [0.717, 1.165) is 5.56 Å². The van der Waals surface area contributed by atoms with E-state index in [1.54, 1.807) is 24.1 Å². The second kappa shape index (κ2) is 7.73. The van der Waals surface area contributed by atoms with Gasteiger partial charge in [-0.05, 0) is 24.6 Å². The van der Waals surface area contributed by atoms with Gasteiger partial charge in [0.1, 0.15) is 0 Å². The number of carbonyl (C=O) groups excluding carboxylic acids is 1. The van der Waals surface area contributed by atoms with Gasteiger partial charge in [-0.1, -0.05) is 30.3 Å². The number of carbonyl (C=O) groups is 1. The van der Waals surface area contributed by atoms with E-state index in [0.29, 0.717) is 22.8 Å². The molecule has 5 heteroatoms. The van der Waals surface area contributed by atoms with Gasteiger partial charge in [-0.25, -0.2) is 0 Å². The van der Waals surface area contributed by atoms with Crippen molar-refractivity contribution in [2.45, 2.75) is 13.0 Å². The predicted molar refractivity (Wildman–Crippen MR) is 93.0 cm³/mol. The number of rotatable bonds is 6. The van der Waals surface area contributed by atoms with E-state index in [1.165, 1.54) is 21.3 Å². The third kappa shape index (κ3) is 3.45. The molecule has 2 rings (SSSR count). The van der Waals surface area contributed by atoms with Gasteiger partial charge in [0.05, 0.1) is 27.4 Å². The number of hydrogen-bond donors (Lipinski definition) is 0. The Morgan fingerprint density at radius 3 is 1.96 bits per heavy atom. The Morgan fingerprint density at radius 1 is 0.958 bits per heavy atom. The second-order valence-corrected chi connectivity index (χ2v) is 5.42. The van der Waals surface area contributed by atoms with Crippen LogP contribution in [0.5, 0.6) is 17.2 Å². The molecular formula is C19H23NO4. The summed E-state index contributed by atoms with van der Waals surface area (Å²) in [6.07, 6.45) is 0. The highest BCUT2D eigenvalue weighted by Crippen LogP contribution is 2.38. The third-order valence-corrected chi connectivity index (χ3v) is 4.09. The van der Waals surface area contributed by atoms with E-state index in [9.17, 15) is 4.79 Å². The zero-order chi connectivity index (χ0) is 17.7. The van der Waals surface area contributed by atoms with Crippen LogP contribution in [0.15, 0.2) is 42.5 Å². The summed E-state index contributed by atoms with van der Waals surface area (Å²) in [6, 6.07) is 13.2. The van der Waals surface area contributed by atoms with Crippen LogP contribution in [0.4, 0.5) is 0 Å². The van der Waals surface area contributed by atoms with Gasteiger partial charge in [-0.2, -0.15) is 0 Å². The van der Waals surface area contributed by atoms with Crippen LogP contribution in [0, 0.1) is 0 Å². The zero-order valence-corrected chi connectivity index (χ0v) is 14.7. The summed E-state index contributed by atoms with van der Waals surface area (Å²) in [5.74, 6) is 1.27. The first-order valence-electron chi connectivity index (χ1n) is 7.65. The molecule has 24 heavy (non-hydrogen) atoms. The summed E-state index contributed by atoms with van der Waals surface area (Å²) in [7, 11) is 6.37. The lowest BCUT2D eigenvalue weighted by molar-refractivity contribution is 0.0741. The van der Waals surface area contributed by atoms with Crippen molar-refractivity contribution in [3.63, 3.8) is 0 Å². The van der Waals surface area contributed by atoms with Gasteiger partial charge in [-0.15, -0.1) is 0 Å². The molecule has 0 saturated carbocycles. The predicted octanol–water partition coefficient (Wildman–Crippen LogP) is 3.55. The molecule has 0 N–H and O–H groups in total. The standard InChI is InChI=1S/C19H23NO4/c1-13(14-9-7-6-8-10-14)20(2)19(21)15-11-16(22-3)18(24-5)17(12-15)23-4/h6-13H,1-5H3/t13-/m1/s1. The van der Waals surface area contributed by atoms with Crippen LogP contribution in [-0.2, 0) is 0 Å². The first-order valence-corrected chi connectivity index (χ1v) is 7.65. The van der Waals surface area contributed by atoms with Crippen molar-refractivity contribution in [3.8, 4) is 17.2 Å². The van der Waals surface area contributed by atoms with Gasteiger partial charge in [0.25, 0.3) is 5.91 Å². The molecule has 2 aromatic rings. The molecule has 0 aliphatic carbocycles. The molecule has 1 amide bonds. The average molecular weight is 329 g/mol. The highest BCUT2D eigenvalue weighted by molar-refractivity contribution is 5.95. The van der Waals surface area contributed by atoms with E-state index in [4.69, 9.17) is 14.2 Å². The topological polar surface area (TPSA) is 48.0 Å². The minimum Gasteiger partial charge on any atom is -0.493 e. The fourth-order valence-corrected chi connectivity index (χ4v) is 2.54. The molecule has 0 aromatic heterocycles. The van der Waals surface area contributed by atoms with Gasteiger partial charge in [0.15, 0.2) is 11.5 Å². The first kappa shape index (κ1) is 17.7. The van der Waals surface area contributed by atoms with Gasteiger partial charge in [-0.3, -0.25) is 4.79 Å². The molecule has 0 spiro atoms. The molecule has 0 radical (unpaired) electrons. The lowest BCUT2D eigenvalue weighted by atomic mass is 10.1. The van der Waals surface area contributed by atoms with Crippen LogP contribution in [0.1, 0.15) is 28.9 Å². The Labute approximate surface area is 142 Å². The monoisotopic (exact) mass is 329 g/mol. The maximum Gasteiger partial charge on any atom is 0.254 e. The molecule has 0 saturated heterocycles. The lowest BCUT2D eigenvalue weighted by Gasteiger charge is -2.26. The summed E-state index contributed by atoms with van der Waals surface area (Å²) >= 11 is 0. The van der Waals surface area contributed by atoms with Crippen LogP contribution in [0.25, 0.3) is 0 Å². The molecule has 0 heterocycles. The third-order valence-electron chi connectivity index (χ3n) is 4.09. The van der Waals surface area contributed by atoms with Gasteiger partial charge >= 0.3 is 0 Å². The van der Waals surface area contributed by atoms with Crippen molar-refractivity contribution in [3.05, 3.63) is 53.6 Å². The van der Waals surface area contributed by atoms with E-state index < -0.39 is 0 Å². The van der Waals surface area contributed by atoms with Gasteiger partial charge in [0, 0.05) is 12.6 Å². The van der Waals surface area contributed by atoms with E-state index in [2.05, 4.69) is 0 Å².